The van der Waals surface area contributed by atoms with E-state index in [0.29, 0.717) is 38.4 Å². The van der Waals surface area contributed by atoms with Gasteiger partial charge < -0.3 is 24.8 Å². The number of aromatic nitrogens is 2. The molecule has 10 heteroatoms. The molecule has 1 fully saturated rings. The normalized spacial score (nSPS) is 17.8. The molecular formula is C21H27FN6O3. The number of pyridine rings is 1. The van der Waals surface area contributed by atoms with Gasteiger partial charge in [-0.2, -0.15) is 0 Å². The van der Waals surface area contributed by atoms with E-state index in [0.717, 1.165) is 29.9 Å². The first-order chi connectivity index (χ1) is 15.0. The van der Waals surface area contributed by atoms with E-state index < -0.39 is 12.7 Å². The third kappa shape index (κ3) is 4.07. The molecule has 0 bridgehead atoms. The molecule has 2 aromatic heterocycles. The minimum absolute atomic E-state index is 0.0478. The Morgan fingerprint density at radius 1 is 1.35 bits per heavy atom. The Hall–Kier alpha value is -3.14. The number of alkyl halides is 1. The molecule has 2 amide bonds. The lowest BCUT2D eigenvalue weighted by atomic mass is 10.2. The van der Waals surface area contributed by atoms with Crippen LogP contribution >= 0.6 is 0 Å². The molecule has 0 aliphatic carbocycles. The Labute approximate surface area is 179 Å². The quantitative estimate of drug-likeness (QED) is 0.607. The number of hydrogen-bond acceptors (Lipinski definition) is 5. The zero-order valence-corrected chi connectivity index (χ0v) is 17.5. The summed E-state index contributed by atoms with van der Waals surface area (Å²) in [6, 6.07) is 4.50. The monoisotopic (exact) mass is 430 g/mol. The van der Waals surface area contributed by atoms with E-state index in [1.54, 1.807) is 30.3 Å². The van der Waals surface area contributed by atoms with Crippen LogP contribution in [-0.4, -0.2) is 72.5 Å². The predicted molar refractivity (Wildman–Crippen MR) is 112 cm³/mol. The first kappa shape index (κ1) is 21.1. The largest absolute Gasteiger partial charge is 0.383 e. The standard InChI is InChI=1S/C21H27FN6O3/c1-31-10-6-24-21(30)28-9-5-15(12-18(28)23)26-8-4-14-11-17(25-19(14)26)20(29)27-7-2-3-16(27)13-22/h5,9,11-12,16,23,25H,2-4,6-8,10,13H2,1H3,(H,24,30)/t16-/m0/s1. The number of rotatable bonds is 6. The molecule has 1 atom stereocenters. The van der Waals surface area contributed by atoms with Crippen LogP contribution in [0.1, 0.15) is 28.9 Å². The van der Waals surface area contributed by atoms with Gasteiger partial charge in [0, 0.05) is 44.7 Å². The number of amides is 2. The maximum Gasteiger partial charge on any atom is 0.327 e. The Kier molecular flexibility index (Phi) is 6.08. The second kappa shape index (κ2) is 8.93. The number of ether oxygens (including phenoxy) is 1. The van der Waals surface area contributed by atoms with Gasteiger partial charge in [-0.05, 0) is 37.0 Å². The smallest absolute Gasteiger partial charge is 0.327 e. The van der Waals surface area contributed by atoms with Gasteiger partial charge in [-0.25, -0.2) is 9.18 Å². The van der Waals surface area contributed by atoms with Gasteiger partial charge in [0.2, 0.25) is 0 Å². The molecule has 1 saturated heterocycles. The van der Waals surface area contributed by atoms with Crippen molar-refractivity contribution in [3.63, 3.8) is 0 Å². The lowest BCUT2D eigenvalue weighted by Gasteiger charge is -2.22. The van der Waals surface area contributed by atoms with Gasteiger partial charge in [-0.3, -0.25) is 14.8 Å². The van der Waals surface area contributed by atoms with Crippen molar-refractivity contribution in [2.45, 2.75) is 25.3 Å². The van der Waals surface area contributed by atoms with Crippen LogP contribution in [0.3, 0.4) is 0 Å². The summed E-state index contributed by atoms with van der Waals surface area (Å²) in [5.41, 5.74) is 2.28. The third-order valence-electron chi connectivity index (χ3n) is 5.85. The summed E-state index contributed by atoms with van der Waals surface area (Å²) in [5, 5.41) is 10.9. The molecule has 0 saturated carbocycles. The summed E-state index contributed by atoms with van der Waals surface area (Å²) in [4.78, 5) is 31.9. The summed E-state index contributed by atoms with van der Waals surface area (Å²) < 4.78 is 19.4. The van der Waals surface area contributed by atoms with Crippen molar-refractivity contribution < 1.29 is 18.7 Å². The van der Waals surface area contributed by atoms with Gasteiger partial charge >= 0.3 is 6.03 Å². The zero-order valence-electron chi connectivity index (χ0n) is 17.5. The minimum atomic E-state index is -0.520. The zero-order chi connectivity index (χ0) is 22.0. The van der Waals surface area contributed by atoms with Crippen molar-refractivity contribution in [1.29, 1.82) is 5.41 Å². The number of hydrogen-bond donors (Lipinski definition) is 3. The Morgan fingerprint density at radius 2 is 2.19 bits per heavy atom. The summed E-state index contributed by atoms with van der Waals surface area (Å²) >= 11 is 0. The van der Waals surface area contributed by atoms with E-state index in [1.165, 1.54) is 4.57 Å². The maximum absolute atomic E-state index is 13.2. The fourth-order valence-electron chi connectivity index (χ4n) is 4.23. The SMILES string of the molecule is COCCNC(=O)n1ccc(N2CCc3cc(C(=O)N4CCC[C@H]4CF)[nH]c32)cc1=N. The summed E-state index contributed by atoms with van der Waals surface area (Å²) in [6.07, 6.45) is 3.83. The number of halogens is 1. The van der Waals surface area contributed by atoms with Crippen LogP contribution in [0.15, 0.2) is 24.4 Å². The highest BCUT2D eigenvalue weighted by Crippen LogP contribution is 2.34. The van der Waals surface area contributed by atoms with E-state index in [1.807, 2.05) is 11.0 Å². The van der Waals surface area contributed by atoms with Crippen LogP contribution in [-0.2, 0) is 11.2 Å². The van der Waals surface area contributed by atoms with E-state index in [2.05, 4.69) is 10.3 Å². The van der Waals surface area contributed by atoms with E-state index in [9.17, 15) is 14.0 Å². The number of methoxy groups -OCH3 is 1. The molecule has 0 unspecified atom stereocenters. The molecule has 2 aliphatic heterocycles. The molecule has 3 N–H and O–H groups in total. The summed E-state index contributed by atoms with van der Waals surface area (Å²) in [6.45, 7) is 1.52. The molecule has 166 valence electrons. The molecule has 9 nitrogen and oxygen atoms in total. The van der Waals surface area contributed by atoms with Crippen LogP contribution in [0.2, 0.25) is 0 Å². The van der Waals surface area contributed by atoms with E-state index in [4.69, 9.17) is 10.1 Å². The minimum Gasteiger partial charge on any atom is -0.383 e. The first-order valence-corrected chi connectivity index (χ1v) is 10.4. The van der Waals surface area contributed by atoms with Crippen LogP contribution in [0.25, 0.3) is 0 Å². The van der Waals surface area contributed by atoms with Gasteiger partial charge in [-0.1, -0.05) is 0 Å². The van der Waals surface area contributed by atoms with Crippen molar-refractivity contribution in [3.05, 3.63) is 41.1 Å². The molecule has 31 heavy (non-hydrogen) atoms. The predicted octanol–water partition coefficient (Wildman–Crippen LogP) is 1.77. The van der Waals surface area contributed by atoms with Crippen molar-refractivity contribution >= 4 is 23.4 Å². The number of carbonyl (C=O) groups excluding carboxylic acids is 2. The molecule has 0 radical (unpaired) electrons. The highest BCUT2D eigenvalue weighted by molar-refractivity contribution is 5.94. The number of carbonyl (C=O) groups is 2. The number of H-pyrrole nitrogens is 1. The average molecular weight is 430 g/mol. The number of fused-ring (bicyclic) bond motifs is 1. The van der Waals surface area contributed by atoms with Crippen molar-refractivity contribution in [1.82, 2.24) is 19.8 Å². The van der Waals surface area contributed by atoms with Crippen molar-refractivity contribution in [2.75, 3.05) is 44.9 Å². The molecular weight excluding hydrogens is 403 g/mol. The number of nitrogens with one attached hydrogen (secondary N) is 3. The Morgan fingerprint density at radius 3 is 2.94 bits per heavy atom. The Bertz CT molecular complexity index is 1030. The van der Waals surface area contributed by atoms with Crippen molar-refractivity contribution in [2.24, 2.45) is 0 Å². The number of anilines is 2. The first-order valence-electron chi connectivity index (χ1n) is 10.4. The molecule has 2 aromatic rings. The van der Waals surface area contributed by atoms with Gasteiger partial charge in [0.25, 0.3) is 5.91 Å². The van der Waals surface area contributed by atoms with Crippen LogP contribution in [0.5, 0.6) is 0 Å². The molecule has 0 spiro atoms. The molecule has 4 rings (SSSR count). The lowest BCUT2D eigenvalue weighted by molar-refractivity contribution is 0.0711. The Balaban J connectivity index is 1.52. The number of nitrogens with zero attached hydrogens (tertiary/aromatic N) is 3. The fourth-order valence-corrected chi connectivity index (χ4v) is 4.23. The van der Waals surface area contributed by atoms with Gasteiger partial charge in [0.1, 0.15) is 23.7 Å². The third-order valence-corrected chi connectivity index (χ3v) is 5.85. The van der Waals surface area contributed by atoms with Crippen molar-refractivity contribution in [3.8, 4) is 0 Å². The summed E-state index contributed by atoms with van der Waals surface area (Å²) in [7, 11) is 1.55. The second-order valence-electron chi connectivity index (χ2n) is 7.77. The number of likely N-dealkylation sites (tertiary alicyclic amines) is 1. The van der Waals surface area contributed by atoms with Gasteiger partial charge in [0.15, 0.2) is 0 Å². The molecule has 0 aromatic carbocycles. The molecule has 2 aliphatic rings. The van der Waals surface area contributed by atoms with E-state index >= 15 is 0 Å². The summed E-state index contributed by atoms with van der Waals surface area (Å²) in [5.74, 6) is 0.635. The number of aromatic amines is 1. The maximum atomic E-state index is 13.2. The highest BCUT2D eigenvalue weighted by atomic mass is 19.1. The highest BCUT2D eigenvalue weighted by Gasteiger charge is 2.32. The van der Waals surface area contributed by atoms with Gasteiger partial charge in [-0.15, -0.1) is 0 Å². The van der Waals surface area contributed by atoms with E-state index in [-0.39, 0.29) is 17.4 Å². The molecule has 4 heterocycles. The van der Waals surface area contributed by atoms with Crippen LogP contribution < -0.4 is 15.7 Å². The average Bonchev–Trinajstić information content (AvgIpc) is 3.48. The lowest BCUT2D eigenvalue weighted by Crippen LogP contribution is -2.37. The van der Waals surface area contributed by atoms with Crippen LogP contribution in [0, 0.1) is 5.41 Å². The second-order valence-corrected chi connectivity index (χ2v) is 7.77. The topological polar surface area (TPSA) is 106 Å². The fraction of sp³-hybridized carbons (Fsp3) is 0.476. The van der Waals surface area contributed by atoms with Gasteiger partial charge in [0.05, 0.1) is 12.6 Å². The van der Waals surface area contributed by atoms with Crippen LogP contribution in [0.4, 0.5) is 20.7 Å².